The lowest BCUT2D eigenvalue weighted by molar-refractivity contribution is 0.574. The third-order valence-corrected chi connectivity index (χ3v) is 6.65. The summed E-state index contributed by atoms with van der Waals surface area (Å²) in [7, 11) is -3.13. The van der Waals surface area contributed by atoms with E-state index in [1.54, 1.807) is 30.3 Å². The smallest absolute Gasteiger partial charge is 0.187 e. The van der Waals surface area contributed by atoms with Crippen LogP contribution in [0.15, 0.2) is 39.9 Å². The van der Waals surface area contributed by atoms with E-state index in [2.05, 4.69) is 15.8 Å². The van der Waals surface area contributed by atoms with Gasteiger partial charge in [-0.3, -0.25) is 5.43 Å². The molecule has 0 radical (unpaired) electrons. The van der Waals surface area contributed by atoms with Crippen molar-refractivity contribution in [2.75, 3.05) is 5.75 Å². The molecule has 0 amide bonds. The summed E-state index contributed by atoms with van der Waals surface area (Å²) in [5.41, 5.74) is 3.26. The summed E-state index contributed by atoms with van der Waals surface area (Å²) >= 11 is 17.2. The molecule has 138 valence electrons. The molecule has 1 aromatic carbocycles. The first kappa shape index (κ1) is 19.2. The van der Waals surface area contributed by atoms with Crippen molar-refractivity contribution in [1.29, 1.82) is 0 Å². The molecule has 3 rings (SSSR count). The third kappa shape index (κ3) is 4.56. The van der Waals surface area contributed by atoms with Crippen LogP contribution in [0, 0.1) is 0 Å². The van der Waals surface area contributed by atoms with E-state index >= 15 is 0 Å². The van der Waals surface area contributed by atoms with E-state index in [0.29, 0.717) is 40.0 Å². The molecule has 2 aromatic rings. The SMILES string of the molecule is O=S1(=O)CCC[C@H]1NC(=S)N/N=C\c1ccc(-c2cc(Cl)ccc2Cl)o1. The highest BCUT2D eigenvalue weighted by molar-refractivity contribution is 7.92. The van der Waals surface area contributed by atoms with Gasteiger partial charge in [0.25, 0.3) is 0 Å². The maximum absolute atomic E-state index is 11.8. The van der Waals surface area contributed by atoms with Gasteiger partial charge in [-0.05, 0) is 55.4 Å². The Labute approximate surface area is 166 Å². The standard InChI is InChI=1S/C16H15Cl2N3O3S2/c17-10-3-5-13(18)12(8-10)14-6-4-11(24-14)9-19-21-16(25)20-15-2-1-7-26(15,22)23/h3-6,8-9,15H,1-2,7H2,(H2,20,21,25)/b19-9-/t15-/m0/s1. The van der Waals surface area contributed by atoms with Gasteiger partial charge in [0, 0.05) is 10.6 Å². The van der Waals surface area contributed by atoms with Crippen molar-refractivity contribution < 1.29 is 12.8 Å². The molecule has 1 aromatic heterocycles. The van der Waals surface area contributed by atoms with E-state index in [1.165, 1.54) is 6.21 Å². The van der Waals surface area contributed by atoms with Gasteiger partial charge in [-0.2, -0.15) is 5.10 Å². The second-order valence-corrected chi connectivity index (χ2v) is 9.22. The Balaban J connectivity index is 1.60. The van der Waals surface area contributed by atoms with Crippen LogP contribution in [0.5, 0.6) is 0 Å². The largest absolute Gasteiger partial charge is 0.455 e. The summed E-state index contributed by atoms with van der Waals surface area (Å²) in [6, 6.07) is 8.57. The van der Waals surface area contributed by atoms with Crippen molar-refractivity contribution in [3.63, 3.8) is 0 Å². The van der Waals surface area contributed by atoms with Crippen molar-refractivity contribution in [2.24, 2.45) is 5.10 Å². The molecule has 0 bridgehead atoms. The van der Waals surface area contributed by atoms with Gasteiger partial charge in [0.1, 0.15) is 16.9 Å². The van der Waals surface area contributed by atoms with E-state index in [9.17, 15) is 8.42 Å². The third-order valence-electron chi connectivity index (χ3n) is 3.80. The van der Waals surface area contributed by atoms with Gasteiger partial charge < -0.3 is 9.73 Å². The molecule has 0 saturated carbocycles. The van der Waals surface area contributed by atoms with Crippen LogP contribution in [-0.4, -0.2) is 30.9 Å². The second-order valence-electron chi connectivity index (χ2n) is 5.67. The van der Waals surface area contributed by atoms with Gasteiger partial charge in [-0.15, -0.1) is 0 Å². The number of halogens is 2. The van der Waals surface area contributed by atoms with Crippen molar-refractivity contribution in [2.45, 2.75) is 18.2 Å². The van der Waals surface area contributed by atoms with Crippen molar-refractivity contribution in [3.8, 4) is 11.3 Å². The fourth-order valence-electron chi connectivity index (χ4n) is 2.54. The fourth-order valence-corrected chi connectivity index (χ4v) is 4.87. The minimum atomic E-state index is -3.13. The van der Waals surface area contributed by atoms with Gasteiger partial charge in [-0.1, -0.05) is 23.2 Å². The van der Waals surface area contributed by atoms with E-state index < -0.39 is 15.2 Å². The quantitative estimate of drug-likeness (QED) is 0.437. The molecule has 0 unspecified atom stereocenters. The highest BCUT2D eigenvalue weighted by Crippen LogP contribution is 2.31. The average Bonchev–Trinajstić information content (AvgIpc) is 3.17. The zero-order chi connectivity index (χ0) is 18.7. The predicted molar refractivity (Wildman–Crippen MR) is 107 cm³/mol. The Morgan fingerprint density at radius 3 is 2.85 bits per heavy atom. The molecule has 0 aliphatic carbocycles. The first-order chi connectivity index (χ1) is 12.3. The first-order valence-corrected chi connectivity index (χ1v) is 10.6. The number of hydrazone groups is 1. The summed E-state index contributed by atoms with van der Waals surface area (Å²) in [6.45, 7) is 0. The van der Waals surface area contributed by atoms with Gasteiger partial charge in [-0.25, -0.2) is 8.42 Å². The number of hydrogen-bond acceptors (Lipinski definition) is 5. The summed E-state index contributed by atoms with van der Waals surface area (Å²) in [5, 5.41) is 7.27. The normalized spacial score (nSPS) is 18.9. The molecule has 1 atom stereocenters. The van der Waals surface area contributed by atoms with E-state index in [-0.39, 0.29) is 10.9 Å². The summed E-state index contributed by atoms with van der Waals surface area (Å²) in [4.78, 5) is 0. The van der Waals surface area contributed by atoms with Gasteiger partial charge in [0.05, 0.1) is 17.0 Å². The lowest BCUT2D eigenvalue weighted by atomic mass is 10.2. The Kier molecular flexibility index (Phi) is 5.86. The Bertz CT molecular complexity index is 957. The highest BCUT2D eigenvalue weighted by atomic mass is 35.5. The lowest BCUT2D eigenvalue weighted by Gasteiger charge is -2.12. The van der Waals surface area contributed by atoms with E-state index in [4.69, 9.17) is 39.8 Å². The number of hydrogen-bond donors (Lipinski definition) is 2. The second kappa shape index (κ2) is 7.96. The summed E-state index contributed by atoms with van der Waals surface area (Å²) < 4.78 is 29.2. The summed E-state index contributed by atoms with van der Waals surface area (Å²) in [6.07, 6.45) is 2.60. The minimum Gasteiger partial charge on any atom is -0.455 e. The topological polar surface area (TPSA) is 83.7 Å². The van der Waals surface area contributed by atoms with E-state index in [0.717, 1.165) is 0 Å². The molecule has 1 saturated heterocycles. The monoisotopic (exact) mass is 431 g/mol. The average molecular weight is 432 g/mol. The number of sulfone groups is 1. The maximum Gasteiger partial charge on any atom is 0.187 e. The number of nitrogens with zero attached hydrogens (tertiary/aromatic N) is 1. The fraction of sp³-hybridized carbons (Fsp3) is 0.250. The molecule has 1 aliphatic heterocycles. The van der Waals surface area contributed by atoms with Crippen LogP contribution in [0.1, 0.15) is 18.6 Å². The Morgan fingerprint density at radius 2 is 2.12 bits per heavy atom. The molecule has 2 N–H and O–H groups in total. The lowest BCUT2D eigenvalue weighted by Crippen LogP contribution is -2.42. The van der Waals surface area contributed by atoms with Crippen LogP contribution in [0.25, 0.3) is 11.3 Å². The number of rotatable bonds is 4. The number of thiocarbonyl (C=S) groups is 1. The van der Waals surface area contributed by atoms with E-state index in [1.807, 2.05) is 0 Å². The van der Waals surface area contributed by atoms with Gasteiger partial charge >= 0.3 is 0 Å². The summed E-state index contributed by atoms with van der Waals surface area (Å²) in [5.74, 6) is 1.20. The molecule has 10 heteroatoms. The van der Waals surface area contributed by atoms with Crippen LogP contribution in [0.3, 0.4) is 0 Å². The molecular formula is C16H15Cl2N3O3S2. The van der Waals surface area contributed by atoms with Crippen molar-refractivity contribution >= 4 is 56.6 Å². The van der Waals surface area contributed by atoms with Gasteiger partial charge in [0.15, 0.2) is 14.9 Å². The van der Waals surface area contributed by atoms with Crippen LogP contribution in [0.2, 0.25) is 10.0 Å². The zero-order valence-electron chi connectivity index (χ0n) is 13.4. The highest BCUT2D eigenvalue weighted by Gasteiger charge is 2.31. The van der Waals surface area contributed by atoms with Crippen molar-refractivity contribution in [3.05, 3.63) is 46.1 Å². The van der Waals surface area contributed by atoms with Gasteiger partial charge in [0.2, 0.25) is 0 Å². The number of benzene rings is 1. The Morgan fingerprint density at radius 1 is 1.31 bits per heavy atom. The molecule has 26 heavy (non-hydrogen) atoms. The van der Waals surface area contributed by atoms with Crippen LogP contribution in [0.4, 0.5) is 0 Å². The van der Waals surface area contributed by atoms with Crippen LogP contribution >= 0.6 is 35.4 Å². The van der Waals surface area contributed by atoms with Crippen molar-refractivity contribution in [1.82, 2.24) is 10.7 Å². The molecule has 2 heterocycles. The number of furan rings is 1. The molecular weight excluding hydrogens is 417 g/mol. The molecule has 1 aliphatic rings. The molecule has 1 fully saturated rings. The number of nitrogens with one attached hydrogen (secondary N) is 2. The zero-order valence-corrected chi connectivity index (χ0v) is 16.6. The predicted octanol–water partition coefficient (Wildman–Crippen LogP) is 3.59. The molecule has 6 nitrogen and oxygen atoms in total. The first-order valence-electron chi connectivity index (χ1n) is 7.71. The Hall–Kier alpha value is -1.61. The van der Waals surface area contributed by atoms with Crippen LogP contribution < -0.4 is 10.7 Å². The minimum absolute atomic E-state index is 0.140. The maximum atomic E-state index is 11.8. The van der Waals surface area contributed by atoms with Crippen LogP contribution in [-0.2, 0) is 9.84 Å². The molecule has 0 spiro atoms.